The summed E-state index contributed by atoms with van der Waals surface area (Å²) in [6.07, 6.45) is 0. The van der Waals surface area contributed by atoms with E-state index in [1.54, 1.807) is 43.5 Å². The van der Waals surface area contributed by atoms with Crippen LogP contribution in [0.5, 0.6) is 5.75 Å². The largest absolute Gasteiger partial charge is 0.497 e. The van der Waals surface area contributed by atoms with Crippen molar-refractivity contribution in [1.29, 1.82) is 0 Å². The smallest absolute Gasteiger partial charge is 0.261 e. The maximum atomic E-state index is 12.7. The number of aryl methyl sites for hydroxylation is 1. The standard InChI is InChI=1S/C23H20N2O3S2/c1-16-9-11-21(12-10-16)30(26,27)25-19-7-3-6-18(13-19)23-24-22(15-29-23)17-5-4-8-20(14-17)28-2/h3-15,25H,1-2H3. The third-order valence-electron chi connectivity index (χ3n) is 4.56. The fraction of sp³-hybridized carbons (Fsp3) is 0.0870. The van der Waals surface area contributed by atoms with Crippen LogP contribution in [0.15, 0.2) is 83.1 Å². The Bertz CT molecular complexity index is 1280. The molecule has 1 N–H and O–H groups in total. The van der Waals surface area contributed by atoms with E-state index in [-0.39, 0.29) is 4.90 Å². The van der Waals surface area contributed by atoms with E-state index >= 15 is 0 Å². The molecule has 1 heterocycles. The van der Waals surface area contributed by atoms with Crippen LogP contribution in [0.4, 0.5) is 5.69 Å². The quantitative estimate of drug-likeness (QED) is 0.427. The SMILES string of the molecule is COc1cccc(-c2csc(-c3cccc(NS(=O)(=O)c4ccc(C)cc4)c3)n2)c1. The molecule has 5 nitrogen and oxygen atoms in total. The Labute approximate surface area is 180 Å². The lowest BCUT2D eigenvalue weighted by Gasteiger charge is -2.09. The van der Waals surface area contributed by atoms with Gasteiger partial charge in [-0.05, 0) is 43.3 Å². The van der Waals surface area contributed by atoms with E-state index in [1.165, 1.54) is 11.3 Å². The van der Waals surface area contributed by atoms with Gasteiger partial charge in [0.2, 0.25) is 0 Å². The van der Waals surface area contributed by atoms with Crippen molar-refractivity contribution in [2.24, 2.45) is 0 Å². The highest BCUT2D eigenvalue weighted by Gasteiger charge is 2.15. The number of hydrogen-bond acceptors (Lipinski definition) is 5. The van der Waals surface area contributed by atoms with Crippen molar-refractivity contribution in [2.45, 2.75) is 11.8 Å². The van der Waals surface area contributed by atoms with Gasteiger partial charge in [0.15, 0.2) is 0 Å². The summed E-state index contributed by atoms with van der Waals surface area (Å²) in [5.74, 6) is 0.773. The van der Waals surface area contributed by atoms with E-state index in [2.05, 4.69) is 4.72 Å². The van der Waals surface area contributed by atoms with Crippen molar-refractivity contribution < 1.29 is 13.2 Å². The first-order valence-electron chi connectivity index (χ1n) is 9.24. The van der Waals surface area contributed by atoms with Crippen LogP contribution < -0.4 is 9.46 Å². The number of methoxy groups -OCH3 is 1. The second kappa shape index (κ2) is 8.30. The van der Waals surface area contributed by atoms with Gasteiger partial charge in [0.05, 0.1) is 17.7 Å². The third kappa shape index (κ3) is 4.37. The summed E-state index contributed by atoms with van der Waals surface area (Å²) in [4.78, 5) is 4.95. The summed E-state index contributed by atoms with van der Waals surface area (Å²) in [5, 5.41) is 2.79. The fourth-order valence-electron chi connectivity index (χ4n) is 2.97. The molecule has 0 unspecified atom stereocenters. The molecule has 0 atom stereocenters. The molecule has 7 heteroatoms. The predicted molar refractivity (Wildman–Crippen MR) is 122 cm³/mol. The summed E-state index contributed by atoms with van der Waals surface area (Å²) in [5.41, 5.74) is 4.16. The summed E-state index contributed by atoms with van der Waals surface area (Å²) in [6.45, 7) is 1.92. The van der Waals surface area contributed by atoms with E-state index in [0.717, 1.165) is 33.1 Å². The number of ether oxygens (including phenoxy) is 1. The molecule has 0 saturated heterocycles. The molecule has 3 aromatic carbocycles. The minimum absolute atomic E-state index is 0.230. The zero-order valence-corrected chi connectivity index (χ0v) is 18.1. The molecule has 0 aliphatic heterocycles. The highest BCUT2D eigenvalue weighted by molar-refractivity contribution is 7.92. The molecule has 152 valence electrons. The van der Waals surface area contributed by atoms with Crippen molar-refractivity contribution in [1.82, 2.24) is 4.98 Å². The van der Waals surface area contributed by atoms with Gasteiger partial charge in [-0.25, -0.2) is 13.4 Å². The molecule has 1 aromatic heterocycles. The Morgan fingerprint density at radius 2 is 1.67 bits per heavy atom. The van der Waals surface area contributed by atoms with E-state index in [4.69, 9.17) is 9.72 Å². The van der Waals surface area contributed by atoms with Crippen molar-refractivity contribution in [3.63, 3.8) is 0 Å². The Balaban J connectivity index is 1.59. The van der Waals surface area contributed by atoms with Crippen molar-refractivity contribution in [3.05, 3.63) is 83.7 Å². The zero-order chi connectivity index (χ0) is 21.1. The number of nitrogens with one attached hydrogen (secondary N) is 1. The second-order valence-electron chi connectivity index (χ2n) is 6.77. The van der Waals surface area contributed by atoms with Crippen LogP contribution in [0.3, 0.4) is 0 Å². The number of benzene rings is 3. The van der Waals surface area contributed by atoms with Gasteiger partial charge in [-0.2, -0.15) is 0 Å². The minimum Gasteiger partial charge on any atom is -0.497 e. The zero-order valence-electron chi connectivity index (χ0n) is 16.5. The van der Waals surface area contributed by atoms with E-state index in [9.17, 15) is 8.42 Å². The third-order valence-corrected chi connectivity index (χ3v) is 6.85. The summed E-state index contributed by atoms with van der Waals surface area (Å²) in [7, 11) is -2.02. The Morgan fingerprint density at radius 3 is 2.43 bits per heavy atom. The summed E-state index contributed by atoms with van der Waals surface area (Å²) in [6, 6.07) is 21.7. The summed E-state index contributed by atoms with van der Waals surface area (Å²) >= 11 is 1.51. The molecule has 4 rings (SSSR count). The van der Waals surface area contributed by atoms with Gasteiger partial charge < -0.3 is 4.74 Å². The molecule has 0 bridgehead atoms. The molecule has 0 amide bonds. The maximum absolute atomic E-state index is 12.7. The van der Waals surface area contributed by atoms with Crippen molar-refractivity contribution >= 4 is 27.0 Å². The van der Waals surface area contributed by atoms with E-state index < -0.39 is 10.0 Å². The van der Waals surface area contributed by atoms with Gasteiger partial charge in [-0.3, -0.25) is 4.72 Å². The van der Waals surface area contributed by atoms with Gasteiger partial charge in [-0.1, -0.05) is 42.0 Å². The number of nitrogens with zero attached hydrogens (tertiary/aromatic N) is 1. The molecule has 0 aliphatic carbocycles. The molecule has 4 aromatic rings. The number of hydrogen-bond donors (Lipinski definition) is 1. The first-order valence-corrected chi connectivity index (χ1v) is 11.6. The molecule has 0 radical (unpaired) electrons. The van der Waals surface area contributed by atoms with Gasteiger partial charge in [-0.15, -0.1) is 11.3 Å². The molecule has 0 spiro atoms. The average molecular weight is 437 g/mol. The lowest BCUT2D eigenvalue weighted by molar-refractivity contribution is 0.415. The van der Waals surface area contributed by atoms with Gasteiger partial charge in [0.1, 0.15) is 10.8 Å². The Morgan fingerprint density at radius 1 is 0.933 bits per heavy atom. The van der Waals surface area contributed by atoms with Gasteiger partial charge in [0, 0.05) is 22.2 Å². The van der Waals surface area contributed by atoms with Crippen molar-refractivity contribution in [3.8, 4) is 27.6 Å². The fourth-order valence-corrected chi connectivity index (χ4v) is 4.84. The average Bonchev–Trinajstić information content (AvgIpc) is 3.24. The van der Waals surface area contributed by atoms with Crippen LogP contribution >= 0.6 is 11.3 Å². The number of rotatable bonds is 6. The van der Waals surface area contributed by atoms with Crippen molar-refractivity contribution in [2.75, 3.05) is 11.8 Å². The van der Waals surface area contributed by atoms with Gasteiger partial charge in [0.25, 0.3) is 10.0 Å². The van der Waals surface area contributed by atoms with Crippen LogP contribution in [0, 0.1) is 6.92 Å². The van der Waals surface area contributed by atoms with Crippen LogP contribution in [-0.4, -0.2) is 20.5 Å². The van der Waals surface area contributed by atoms with Crippen LogP contribution in [0.1, 0.15) is 5.56 Å². The lowest BCUT2D eigenvalue weighted by Crippen LogP contribution is -2.12. The lowest BCUT2D eigenvalue weighted by atomic mass is 10.1. The van der Waals surface area contributed by atoms with Crippen LogP contribution in [0.2, 0.25) is 0 Å². The number of anilines is 1. The second-order valence-corrected chi connectivity index (χ2v) is 9.31. The number of aromatic nitrogens is 1. The first kappa shape index (κ1) is 20.1. The maximum Gasteiger partial charge on any atom is 0.261 e. The van der Waals surface area contributed by atoms with E-state index in [1.807, 2.05) is 48.7 Å². The molecule has 0 saturated carbocycles. The summed E-state index contributed by atoms with van der Waals surface area (Å²) < 4.78 is 33.3. The van der Waals surface area contributed by atoms with Crippen LogP contribution in [-0.2, 0) is 10.0 Å². The molecule has 0 fully saturated rings. The van der Waals surface area contributed by atoms with Crippen LogP contribution in [0.25, 0.3) is 21.8 Å². The Hall–Kier alpha value is -3.16. The Kier molecular flexibility index (Phi) is 5.57. The molecule has 0 aliphatic rings. The monoisotopic (exact) mass is 436 g/mol. The molecular weight excluding hydrogens is 416 g/mol. The molecular formula is C23H20N2O3S2. The minimum atomic E-state index is -3.66. The number of sulfonamides is 1. The number of thiazole rings is 1. The molecule has 30 heavy (non-hydrogen) atoms. The normalized spacial score (nSPS) is 11.3. The highest BCUT2D eigenvalue weighted by atomic mass is 32.2. The van der Waals surface area contributed by atoms with Gasteiger partial charge >= 0.3 is 0 Å². The highest BCUT2D eigenvalue weighted by Crippen LogP contribution is 2.31. The predicted octanol–water partition coefficient (Wildman–Crippen LogP) is 5.59. The first-order chi connectivity index (χ1) is 14.4. The topological polar surface area (TPSA) is 68.3 Å². The van der Waals surface area contributed by atoms with E-state index in [0.29, 0.717) is 5.69 Å².